The predicted molar refractivity (Wildman–Crippen MR) is 148 cm³/mol. The first-order valence-electron chi connectivity index (χ1n) is 12.3. The number of terminal acetylenes is 1. The van der Waals surface area contributed by atoms with Crippen LogP contribution in [0.2, 0.25) is 5.02 Å². The monoisotopic (exact) mass is 542 g/mol. The van der Waals surface area contributed by atoms with Gasteiger partial charge in [-0.1, -0.05) is 42.5 Å². The van der Waals surface area contributed by atoms with Crippen molar-refractivity contribution in [3.8, 4) is 29.4 Å². The Morgan fingerprint density at radius 1 is 1.30 bits per heavy atom. The molecule has 1 aliphatic carbocycles. The van der Waals surface area contributed by atoms with Crippen molar-refractivity contribution in [3.63, 3.8) is 0 Å². The Bertz CT molecular complexity index is 1320. The van der Waals surface area contributed by atoms with Crippen molar-refractivity contribution in [1.82, 2.24) is 4.98 Å². The Kier molecular flexibility index (Phi) is 8.15. The smallest absolute Gasteiger partial charge is 0.202 e. The minimum absolute atomic E-state index is 0.149. The maximum Gasteiger partial charge on any atom is 0.202 e. The minimum Gasteiger partial charge on any atom is -0.463 e. The summed E-state index contributed by atoms with van der Waals surface area (Å²) in [5, 5.41) is 20.7. The highest BCUT2D eigenvalue weighted by Gasteiger charge is 2.32. The molecule has 1 fully saturated rings. The lowest BCUT2D eigenvalue weighted by Gasteiger charge is -2.31. The van der Waals surface area contributed by atoms with Gasteiger partial charge in [0, 0.05) is 29.9 Å². The highest BCUT2D eigenvalue weighted by atomic mass is 35.5. The van der Waals surface area contributed by atoms with Gasteiger partial charge in [-0.05, 0) is 55.5 Å². The molecule has 2 N–H and O–H groups in total. The molecular formula is C29H32ClFN2O3S. The summed E-state index contributed by atoms with van der Waals surface area (Å²) in [7, 11) is 0. The number of hydrogen-bond donors (Lipinski definition) is 2. The van der Waals surface area contributed by atoms with Crippen LogP contribution in [0.4, 0.5) is 9.52 Å². The van der Waals surface area contributed by atoms with Gasteiger partial charge in [-0.25, -0.2) is 9.37 Å². The molecule has 0 radical (unpaired) electrons. The van der Waals surface area contributed by atoms with Crippen molar-refractivity contribution in [2.75, 3.05) is 11.4 Å². The number of benzene rings is 2. The minimum atomic E-state index is -1.33. The number of rotatable bonds is 10. The van der Waals surface area contributed by atoms with Gasteiger partial charge in [-0.15, -0.1) is 17.8 Å². The number of ether oxygens (including phenoxy) is 1. The molecule has 3 aromatic rings. The molecule has 0 bridgehead atoms. The summed E-state index contributed by atoms with van der Waals surface area (Å²) < 4.78 is 20.3. The quantitative estimate of drug-likeness (QED) is 0.218. The van der Waals surface area contributed by atoms with Crippen LogP contribution >= 0.6 is 22.9 Å². The molecule has 1 heterocycles. The van der Waals surface area contributed by atoms with Gasteiger partial charge >= 0.3 is 0 Å². The third-order valence-electron chi connectivity index (χ3n) is 6.43. The maximum absolute atomic E-state index is 14.7. The zero-order valence-electron chi connectivity index (χ0n) is 21.5. The molecule has 4 rings (SSSR count). The number of hydrogen-bond acceptors (Lipinski definition) is 6. The number of aromatic nitrogens is 1. The Balaban J connectivity index is 1.73. The van der Waals surface area contributed by atoms with Crippen LogP contribution < -0.4 is 9.64 Å². The SMILES string of the molecule is C#CCN(c1nc(-c2cc(C)c(OC(C)(C)O)cc2Cl)c(C)s1)C(CC1CC1)c1ccc(CO)c(F)c1. The second kappa shape index (κ2) is 11.0. The van der Waals surface area contributed by atoms with Crippen molar-refractivity contribution in [2.24, 2.45) is 5.92 Å². The summed E-state index contributed by atoms with van der Waals surface area (Å²) in [6.45, 7) is 6.98. The van der Waals surface area contributed by atoms with Crippen molar-refractivity contribution >= 4 is 28.1 Å². The molecule has 0 amide bonds. The van der Waals surface area contributed by atoms with Crippen LogP contribution in [-0.4, -0.2) is 27.5 Å². The first-order valence-corrected chi connectivity index (χ1v) is 13.5. The molecule has 1 atom stereocenters. The number of anilines is 1. The molecule has 37 heavy (non-hydrogen) atoms. The summed E-state index contributed by atoms with van der Waals surface area (Å²) in [6, 6.07) is 8.47. The average Bonchev–Trinajstić information content (AvgIpc) is 3.57. The van der Waals surface area contributed by atoms with E-state index in [2.05, 4.69) is 10.8 Å². The first-order chi connectivity index (χ1) is 17.5. The summed E-state index contributed by atoms with van der Waals surface area (Å²) in [5.41, 5.74) is 3.42. The van der Waals surface area contributed by atoms with Gasteiger partial charge < -0.3 is 19.8 Å². The summed E-state index contributed by atoms with van der Waals surface area (Å²) in [6.07, 6.45) is 8.93. The molecular weight excluding hydrogens is 511 g/mol. The summed E-state index contributed by atoms with van der Waals surface area (Å²) >= 11 is 8.19. The van der Waals surface area contributed by atoms with Crippen molar-refractivity contribution in [3.05, 3.63) is 62.7 Å². The van der Waals surface area contributed by atoms with Gasteiger partial charge in [0.15, 0.2) is 5.13 Å². The Morgan fingerprint density at radius 2 is 2.03 bits per heavy atom. The molecule has 0 aliphatic heterocycles. The standard InChI is InChI=1S/C29H32ClFN2O3S/c1-6-11-33(25(13-19-7-8-19)20-9-10-21(16-34)24(31)14-20)28-32-27(18(3)37-28)22-12-17(2)26(15-23(22)30)36-29(4,5)35/h1,9-10,12,14-15,19,25,34-35H,7-8,11,13,16H2,2-5H3. The van der Waals surface area contributed by atoms with E-state index in [1.54, 1.807) is 26.0 Å². The van der Waals surface area contributed by atoms with E-state index in [0.29, 0.717) is 23.2 Å². The van der Waals surface area contributed by atoms with Crippen LogP contribution in [0.15, 0.2) is 30.3 Å². The lowest BCUT2D eigenvalue weighted by Crippen LogP contribution is -2.29. The lowest BCUT2D eigenvalue weighted by atomic mass is 9.98. The second-order valence-electron chi connectivity index (χ2n) is 10.1. The van der Waals surface area contributed by atoms with E-state index in [1.165, 1.54) is 17.4 Å². The Labute approximate surface area is 226 Å². The molecule has 196 valence electrons. The zero-order chi connectivity index (χ0) is 26.9. The topological polar surface area (TPSA) is 65.8 Å². The van der Waals surface area contributed by atoms with Crippen LogP contribution in [0.5, 0.6) is 5.75 Å². The molecule has 1 saturated carbocycles. The molecule has 1 unspecified atom stereocenters. The van der Waals surface area contributed by atoms with Gasteiger partial charge in [-0.2, -0.15) is 0 Å². The van der Waals surface area contributed by atoms with Crippen LogP contribution in [-0.2, 0) is 6.61 Å². The van der Waals surface area contributed by atoms with Crippen molar-refractivity contribution in [1.29, 1.82) is 0 Å². The Hall–Kier alpha value is -2.63. The molecule has 0 spiro atoms. The Morgan fingerprint density at radius 3 is 2.62 bits per heavy atom. The molecule has 0 saturated heterocycles. The summed E-state index contributed by atoms with van der Waals surface area (Å²) in [4.78, 5) is 8.02. The molecule has 1 aromatic heterocycles. The highest BCUT2D eigenvalue weighted by Crippen LogP contribution is 2.45. The van der Waals surface area contributed by atoms with Gasteiger partial charge in [0.05, 0.1) is 29.9 Å². The fraction of sp³-hybridized carbons (Fsp3) is 0.414. The lowest BCUT2D eigenvalue weighted by molar-refractivity contribution is -0.105. The number of aryl methyl sites for hydroxylation is 2. The predicted octanol–water partition coefficient (Wildman–Crippen LogP) is 6.80. The fourth-order valence-electron chi connectivity index (χ4n) is 4.40. The van der Waals surface area contributed by atoms with Gasteiger partial charge in [0.1, 0.15) is 11.6 Å². The average molecular weight is 543 g/mol. The third kappa shape index (κ3) is 6.45. The molecule has 5 nitrogen and oxygen atoms in total. The van der Waals surface area contributed by atoms with E-state index in [-0.39, 0.29) is 18.2 Å². The van der Waals surface area contributed by atoms with Gasteiger partial charge in [0.2, 0.25) is 5.79 Å². The van der Waals surface area contributed by atoms with Gasteiger partial charge in [-0.3, -0.25) is 0 Å². The number of thiazole rings is 1. The maximum atomic E-state index is 14.7. The van der Waals surface area contributed by atoms with Crippen molar-refractivity contribution < 1.29 is 19.3 Å². The molecule has 2 aromatic carbocycles. The van der Waals surface area contributed by atoms with E-state index < -0.39 is 11.6 Å². The van der Waals surface area contributed by atoms with Crippen LogP contribution in [0.1, 0.15) is 60.7 Å². The van der Waals surface area contributed by atoms with Crippen LogP contribution in [0, 0.1) is 37.9 Å². The zero-order valence-corrected chi connectivity index (χ0v) is 23.1. The fourth-order valence-corrected chi connectivity index (χ4v) is 5.62. The number of aliphatic hydroxyl groups is 2. The second-order valence-corrected chi connectivity index (χ2v) is 11.7. The largest absolute Gasteiger partial charge is 0.463 e. The number of aliphatic hydroxyl groups excluding tert-OH is 1. The van der Waals surface area contributed by atoms with Crippen LogP contribution in [0.3, 0.4) is 0 Å². The number of halogens is 2. The summed E-state index contributed by atoms with van der Waals surface area (Å²) in [5.74, 6) is 2.07. The molecule has 1 aliphatic rings. The van der Waals surface area contributed by atoms with E-state index in [4.69, 9.17) is 27.7 Å². The van der Waals surface area contributed by atoms with E-state index in [9.17, 15) is 14.6 Å². The van der Waals surface area contributed by atoms with E-state index in [0.717, 1.165) is 51.7 Å². The molecule has 8 heteroatoms. The third-order valence-corrected chi connectivity index (χ3v) is 7.75. The van der Waals surface area contributed by atoms with Gasteiger partial charge in [0.25, 0.3) is 0 Å². The van der Waals surface area contributed by atoms with Crippen molar-refractivity contribution in [2.45, 2.75) is 65.4 Å². The first kappa shape index (κ1) is 27.4. The van der Waals surface area contributed by atoms with Crippen LogP contribution in [0.25, 0.3) is 11.3 Å². The van der Waals surface area contributed by atoms with E-state index in [1.807, 2.05) is 26.0 Å². The normalized spacial score (nSPS) is 14.4. The highest BCUT2D eigenvalue weighted by molar-refractivity contribution is 7.16. The number of nitrogens with zero attached hydrogens (tertiary/aromatic N) is 2. The van der Waals surface area contributed by atoms with E-state index >= 15 is 0 Å².